The van der Waals surface area contributed by atoms with Crippen LogP contribution in [-0.4, -0.2) is 45.7 Å². The first-order valence-electron chi connectivity index (χ1n) is 15.4. The summed E-state index contributed by atoms with van der Waals surface area (Å²) >= 11 is 2.40. The minimum absolute atomic E-state index is 0.0743. The van der Waals surface area contributed by atoms with Crippen LogP contribution in [0.5, 0.6) is 11.5 Å². The molecule has 7 heteroatoms. The zero-order valence-corrected chi connectivity index (χ0v) is 28.6. The molecule has 2 aliphatic heterocycles. The number of aromatic nitrogens is 3. The monoisotopic (exact) mass is 764 g/mol. The molecular formula is C37H39N5OPt-2. The van der Waals surface area contributed by atoms with Gasteiger partial charge in [-0.25, -0.2) is 0 Å². The van der Waals surface area contributed by atoms with E-state index in [1.807, 2.05) is 6.20 Å². The van der Waals surface area contributed by atoms with Crippen LogP contribution in [0.3, 0.4) is 0 Å². The molecule has 0 bridgehead atoms. The van der Waals surface area contributed by atoms with Crippen LogP contribution in [-0.2, 0) is 31.8 Å². The van der Waals surface area contributed by atoms with Crippen molar-refractivity contribution in [2.24, 2.45) is 13.0 Å². The molecule has 2 aromatic heterocycles. The van der Waals surface area contributed by atoms with Crippen LogP contribution in [0.15, 0.2) is 66.9 Å². The van der Waals surface area contributed by atoms with E-state index in [-0.39, 0.29) is 5.41 Å². The van der Waals surface area contributed by atoms with Crippen LogP contribution in [0.1, 0.15) is 49.8 Å². The van der Waals surface area contributed by atoms with Crippen molar-refractivity contribution in [1.82, 2.24) is 19.0 Å². The van der Waals surface area contributed by atoms with Crippen LogP contribution < -0.4 is 9.64 Å². The van der Waals surface area contributed by atoms with E-state index in [4.69, 9.17) is 9.72 Å². The van der Waals surface area contributed by atoms with Crippen LogP contribution in [0.2, 0.25) is 0 Å². The van der Waals surface area contributed by atoms with E-state index in [9.17, 15) is 0 Å². The number of nitrogens with zero attached hydrogens (tertiary/aromatic N) is 5. The summed E-state index contributed by atoms with van der Waals surface area (Å²) in [5, 5.41) is 0. The number of likely N-dealkylation sites (tertiary alicyclic amines) is 1. The zero-order valence-electron chi connectivity index (χ0n) is 26.3. The Balaban J connectivity index is 1.32. The number of ether oxygens (including phenoxy) is 1. The molecular weight excluding hydrogens is 726 g/mol. The van der Waals surface area contributed by atoms with Gasteiger partial charge in [-0.2, -0.15) is 0 Å². The third-order valence-corrected chi connectivity index (χ3v) is 10.5. The molecule has 6 nitrogen and oxygen atoms in total. The molecule has 0 radical (unpaired) electrons. The predicted molar refractivity (Wildman–Crippen MR) is 173 cm³/mol. The van der Waals surface area contributed by atoms with Crippen molar-refractivity contribution < 1.29 is 24.1 Å². The second-order valence-corrected chi connectivity index (χ2v) is 14.5. The Bertz CT molecular complexity index is 1930. The Kier molecular flexibility index (Phi) is 7.42. The van der Waals surface area contributed by atoms with Gasteiger partial charge in [-0.05, 0) is 32.1 Å². The first kappa shape index (κ1) is 29.3. The molecule has 44 heavy (non-hydrogen) atoms. The van der Waals surface area contributed by atoms with E-state index in [2.05, 4.69) is 153 Å². The molecule has 0 saturated carbocycles. The summed E-state index contributed by atoms with van der Waals surface area (Å²) in [4.78, 5) is 9.60. The zero-order chi connectivity index (χ0) is 30.7. The Morgan fingerprint density at radius 1 is 0.932 bits per heavy atom. The number of rotatable bonds is 4. The average Bonchev–Trinajstić information content (AvgIpc) is 3.25. The molecule has 0 aliphatic carbocycles. The number of imidazole rings is 1. The van der Waals surface area contributed by atoms with Gasteiger partial charge in [0.25, 0.3) is 0 Å². The fraction of sp³-hybridized carbons (Fsp3) is 0.351. The summed E-state index contributed by atoms with van der Waals surface area (Å²) < 4.78 is 12.3. The van der Waals surface area contributed by atoms with E-state index >= 15 is 0 Å². The van der Waals surface area contributed by atoms with Crippen molar-refractivity contribution in [3.8, 4) is 17.2 Å². The third-order valence-electron chi connectivity index (χ3n) is 9.20. The Labute approximate surface area is 271 Å². The molecule has 1 saturated heterocycles. The van der Waals surface area contributed by atoms with Crippen LogP contribution in [0, 0.1) is 28.8 Å². The van der Waals surface area contributed by atoms with Crippen molar-refractivity contribution in [2.75, 3.05) is 31.6 Å². The van der Waals surface area contributed by atoms with Crippen LogP contribution in [0.25, 0.3) is 16.7 Å². The van der Waals surface area contributed by atoms with E-state index in [0.29, 0.717) is 23.3 Å². The molecule has 0 N–H and O–H groups in total. The van der Waals surface area contributed by atoms with Gasteiger partial charge in [-0.1, -0.05) is 0 Å². The minimum atomic E-state index is -0.0743. The van der Waals surface area contributed by atoms with Crippen molar-refractivity contribution in [3.63, 3.8) is 0 Å². The van der Waals surface area contributed by atoms with E-state index in [1.54, 1.807) is 0 Å². The number of benzene rings is 3. The van der Waals surface area contributed by atoms with Gasteiger partial charge in [-0.3, -0.25) is 0 Å². The first-order valence-corrected chi connectivity index (χ1v) is 16.5. The summed E-state index contributed by atoms with van der Waals surface area (Å²) in [6, 6.07) is 28.8. The van der Waals surface area contributed by atoms with E-state index in [1.165, 1.54) is 22.2 Å². The molecule has 0 amide bonds. The number of hydrogen-bond acceptors (Lipinski definition) is 4. The number of para-hydroxylation sites is 2. The fourth-order valence-corrected chi connectivity index (χ4v) is 7.64. The Hall–Kier alpha value is -3.47. The number of anilines is 2. The molecule has 4 heterocycles. The maximum atomic E-state index is 6.67. The molecule has 5 aromatic rings. The number of pyridine rings is 1. The van der Waals surface area contributed by atoms with Crippen molar-refractivity contribution in [1.29, 1.82) is 0 Å². The third kappa shape index (κ3) is 5.26. The topological polar surface area (TPSA) is 38.5 Å². The average molecular weight is 765 g/mol. The molecule has 1 fully saturated rings. The first-order chi connectivity index (χ1) is 21.1. The standard InChI is InChI=1S/C37H39N5O.Pt/c1-25-13-15-38-36(17-25)41-23-26-22-39(5)16-14-31(26)32-12-11-29(21-35(32)41)43-30-19-27(37(2,3)4)18-28(20-30)42-24-40(6)33-9-7-8-10-34(33)42;/h7-13,15,17-19,26,31H,14,16,22-23H2,1-6H3;/q-2;. The molecule has 7 rings (SSSR count). The quantitative estimate of drug-likeness (QED) is 0.177. The second kappa shape index (κ2) is 11.2. The molecule has 2 atom stereocenters. The van der Waals surface area contributed by atoms with Gasteiger partial charge in [0.05, 0.1) is 0 Å². The van der Waals surface area contributed by atoms with Crippen molar-refractivity contribution in [2.45, 2.75) is 45.4 Å². The van der Waals surface area contributed by atoms with Crippen LogP contribution >= 0.6 is 0 Å². The SMILES string of the molecule is Cc1ccnc(N2CC3CN(C)CCC3c3ccc(Oc4[c-]c(-n5[c](=[Pt])n(C)c6ccccc65)cc(C(C)(C)C)c4)[c-]c32)c1. The van der Waals surface area contributed by atoms with Gasteiger partial charge in [0, 0.05) is 12.7 Å². The number of piperidine rings is 1. The Morgan fingerprint density at radius 3 is 2.50 bits per heavy atom. The molecule has 3 aromatic carbocycles. The summed E-state index contributed by atoms with van der Waals surface area (Å²) in [6.07, 6.45) is 3.06. The molecule has 0 spiro atoms. The van der Waals surface area contributed by atoms with Gasteiger partial charge in [-0.15, -0.1) is 0 Å². The van der Waals surface area contributed by atoms with Crippen molar-refractivity contribution >= 4 is 22.5 Å². The number of aryl methyl sites for hydroxylation is 2. The normalized spacial score (nSPS) is 18.8. The van der Waals surface area contributed by atoms with Gasteiger partial charge >= 0.3 is 223 Å². The van der Waals surface area contributed by atoms with E-state index < -0.39 is 0 Å². The van der Waals surface area contributed by atoms with Gasteiger partial charge in [0.1, 0.15) is 0 Å². The number of fused-ring (bicyclic) bond motifs is 4. The summed E-state index contributed by atoms with van der Waals surface area (Å²) in [6.45, 7) is 12.0. The molecule has 2 aliphatic rings. The fourth-order valence-electron chi connectivity index (χ4n) is 6.82. The van der Waals surface area contributed by atoms with Crippen LogP contribution in [0.4, 0.5) is 11.5 Å². The van der Waals surface area contributed by atoms with Crippen molar-refractivity contribution in [3.05, 3.63) is 99.5 Å². The summed E-state index contributed by atoms with van der Waals surface area (Å²) in [5.74, 6) is 3.41. The van der Waals surface area contributed by atoms with Gasteiger partial charge in [0.15, 0.2) is 0 Å². The maximum absolute atomic E-state index is 6.67. The van der Waals surface area contributed by atoms with E-state index in [0.717, 1.165) is 52.6 Å². The summed E-state index contributed by atoms with van der Waals surface area (Å²) in [7, 11) is 4.34. The molecule has 230 valence electrons. The van der Waals surface area contributed by atoms with Gasteiger partial charge < -0.3 is 4.90 Å². The number of hydrogen-bond donors (Lipinski definition) is 0. The van der Waals surface area contributed by atoms with Gasteiger partial charge in [0.2, 0.25) is 0 Å². The predicted octanol–water partition coefficient (Wildman–Crippen LogP) is 7.63. The molecule has 2 unspecified atom stereocenters. The summed E-state index contributed by atoms with van der Waals surface area (Å²) in [5.41, 5.74) is 8.03. The second-order valence-electron chi connectivity index (χ2n) is 13.4. The Morgan fingerprint density at radius 2 is 1.73 bits per heavy atom.